The molecule has 6 rings (SSSR count). The third-order valence-electron chi connectivity index (χ3n) is 7.52. The van der Waals surface area contributed by atoms with E-state index in [1.165, 1.54) is 5.56 Å². The number of benzene rings is 1. The summed E-state index contributed by atoms with van der Waals surface area (Å²) in [5.74, 6) is 1.76. The van der Waals surface area contributed by atoms with Gasteiger partial charge < -0.3 is 14.6 Å². The van der Waals surface area contributed by atoms with Crippen LogP contribution in [-0.2, 0) is 0 Å². The molecule has 0 saturated carbocycles. The lowest BCUT2D eigenvalue weighted by molar-refractivity contribution is -1.19. The Bertz CT molecular complexity index is 664. The van der Waals surface area contributed by atoms with Crippen LogP contribution in [0, 0.1) is 10.8 Å². The molecular formula is C21H32N2O3+2. The van der Waals surface area contributed by atoms with Crippen LogP contribution in [0.1, 0.15) is 51.3 Å². The third-order valence-corrected chi connectivity index (χ3v) is 7.52. The van der Waals surface area contributed by atoms with Crippen LogP contribution < -0.4 is 19.3 Å². The van der Waals surface area contributed by atoms with Crippen LogP contribution in [0.5, 0.6) is 11.5 Å². The maximum absolute atomic E-state index is 11.4. The average molecular weight is 360 g/mol. The molecule has 0 amide bonds. The van der Waals surface area contributed by atoms with Gasteiger partial charge in [0.15, 0.2) is 11.5 Å². The van der Waals surface area contributed by atoms with Crippen molar-refractivity contribution in [1.82, 2.24) is 0 Å². The second kappa shape index (κ2) is 5.85. The predicted molar refractivity (Wildman–Crippen MR) is 97.4 cm³/mol. The van der Waals surface area contributed by atoms with E-state index in [0.29, 0.717) is 13.0 Å². The summed E-state index contributed by atoms with van der Waals surface area (Å²) in [6.07, 6.45) is 4.97. The van der Waals surface area contributed by atoms with Gasteiger partial charge in [-0.2, -0.15) is 0 Å². The number of fused-ring (bicyclic) bond motifs is 1. The van der Waals surface area contributed by atoms with Crippen LogP contribution in [0.25, 0.3) is 0 Å². The minimum absolute atomic E-state index is 0.109. The Morgan fingerprint density at radius 2 is 1.54 bits per heavy atom. The highest BCUT2D eigenvalue weighted by molar-refractivity contribution is 5.44. The van der Waals surface area contributed by atoms with Gasteiger partial charge in [0, 0.05) is 0 Å². The molecular weight excluding hydrogens is 328 g/mol. The summed E-state index contributed by atoms with van der Waals surface area (Å²) in [5, 5.41) is 11.4. The van der Waals surface area contributed by atoms with Gasteiger partial charge in [-0.3, -0.25) is 9.80 Å². The molecule has 142 valence electrons. The molecule has 5 heteroatoms. The molecule has 0 unspecified atom stereocenters. The van der Waals surface area contributed by atoms with Gasteiger partial charge in [-0.15, -0.1) is 0 Å². The quantitative estimate of drug-likeness (QED) is 0.701. The number of aliphatic hydroxyl groups excluding tert-OH is 1. The molecule has 1 aromatic rings. The molecule has 0 radical (unpaired) electrons. The SMILES string of the molecule is CCCC12C[NH+]3CC(CCC)(C[NH+](C1)C3c1ccc3c(c1)OCO3)C2O. The van der Waals surface area contributed by atoms with Crippen LogP contribution in [0.3, 0.4) is 0 Å². The Kier molecular flexibility index (Phi) is 3.79. The normalized spacial score (nSPS) is 42.4. The van der Waals surface area contributed by atoms with Crippen molar-refractivity contribution in [2.45, 2.75) is 51.8 Å². The lowest BCUT2D eigenvalue weighted by Gasteiger charge is -2.64. The number of rotatable bonds is 5. The molecule has 3 N–H and O–H groups in total. The first kappa shape index (κ1) is 16.8. The van der Waals surface area contributed by atoms with Crippen molar-refractivity contribution in [3.05, 3.63) is 23.8 Å². The summed E-state index contributed by atoms with van der Waals surface area (Å²) in [7, 11) is 0. The zero-order chi connectivity index (χ0) is 17.9. The third kappa shape index (κ3) is 2.20. The van der Waals surface area contributed by atoms with E-state index < -0.39 is 0 Å². The fraction of sp³-hybridized carbons (Fsp3) is 0.714. The van der Waals surface area contributed by atoms with Crippen molar-refractivity contribution < 1.29 is 24.4 Å². The summed E-state index contributed by atoms with van der Waals surface area (Å²) in [6, 6.07) is 6.50. The number of quaternary nitrogens is 2. The zero-order valence-corrected chi connectivity index (χ0v) is 16.0. The maximum Gasteiger partial charge on any atom is 0.240 e. The lowest BCUT2D eigenvalue weighted by atomic mass is 9.56. The van der Waals surface area contributed by atoms with E-state index in [0.717, 1.165) is 63.4 Å². The van der Waals surface area contributed by atoms with Crippen LogP contribution in [0.15, 0.2) is 18.2 Å². The number of aliphatic hydroxyl groups is 1. The molecule has 0 atom stereocenters. The van der Waals surface area contributed by atoms with Crippen LogP contribution >= 0.6 is 0 Å². The van der Waals surface area contributed by atoms with E-state index in [9.17, 15) is 5.11 Å². The second-order valence-corrected chi connectivity index (χ2v) is 9.20. The van der Waals surface area contributed by atoms with Crippen LogP contribution in [-0.4, -0.2) is 44.2 Å². The summed E-state index contributed by atoms with van der Waals surface area (Å²) >= 11 is 0. The fourth-order valence-corrected chi connectivity index (χ4v) is 6.98. The largest absolute Gasteiger partial charge is 0.454 e. The Morgan fingerprint density at radius 1 is 0.962 bits per heavy atom. The first-order valence-corrected chi connectivity index (χ1v) is 10.4. The molecule has 5 heterocycles. The van der Waals surface area contributed by atoms with Gasteiger partial charge >= 0.3 is 0 Å². The monoisotopic (exact) mass is 360 g/mol. The van der Waals surface area contributed by atoms with Gasteiger partial charge in [0.1, 0.15) is 0 Å². The standard InChI is InChI=1S/C21H30N2O3/c1-3-7-20-10-22-12-21(8-4-2,19(20)24)13-23(11-20)18(22)15-5-6-16-17(9-15)26-14-25-16/h5-6,9,18-19,24H,3-4,7-8,10-14H2,1-2H3/p+2. The number of ether oxygens (including phenoxy) is 2. The predicted octanol–water partition coefficient (Wildman–Crippen LogP) is 0.158. The van der Waals surface area contributed by atoms with Crippen molar-refractivity contribution in [3.8, 4) is 11.5 Å². The smallest absolute Gasteiger partial charge is 0.240 e. The van der Waals surface area contributed by atoms with Gasteiger partial charge in [-0.25, -0.2) is 0 Å². The van der Waals surface area contributed by atoms with Crippen molar-refractivity contribution in [1.29, 1.82) is 0 Å². The summed E-state index contributed by atoms with van der Waals surface area (Å²) in [4.78, 5) is 3.34. The second-order valence-electron chi connectivity index (χ2n) is 9.20. The number of piperidine rings is 2. The lowest BCUT2D eigenvalue weighted by Crippen LogP contribution is -3.41. The van der Waals surface area contributed by atoms with E-state index in [1.54, 1.807) is 9.80 Å². The minimum atomic E-state index is -0.125. The molecule has 1 aromatic carbocycles. The highest BCUT2D eigenvalue weighted by Crippen LogP contribution is 2.46. The Morgan fingerprint density at radius 3 is 2.12 bits per heavy atom. The van der Waals surface area contributed by atoms with Crippen molar-refractivity contribution in [2.75, 3.05) is 33.0 Å². The fourth-order valence-electron chi connectivity index (χ4n) is 6.98. The Balaban J connectivity index is 1.51. The molecule has 4 bridgehead atoms. The van der Waals surface area contributed by atoms with Crippen LogP contribution in [0.2, 0.25) is 0 Å². The molecule has 26 heavy (non-hydrogen) atoms. The Hall–Kier alpha value is -1.30. The molecule has 0 spiro atoms. The number of nitrogens with one attached hydrogen (secondary N) is 2. The molecule has 5 aliphatic rings. The minimum Gasteiger partial charge on any atom is -0.454 e. The summed E-state index contributed by atoms with van der Waals surface area (Å²) in [6.45, 7) is 9.30. The van der Waals surface area contributed by atoms with Gasteiger partial charge in [-0.05, 0) is 31.0 Å². The summed E-state index contributed by atoms with van der Waals surface area (Å²) in [5.41, 5.74) is 1.58. The first-order valence-electron chi connectivity index (χ1n) is 10.4. The van der Waals surface area contributed by atoms with Gasteiger partial charge in [-0.1, -0.05) is 26.7 Å². The van der Waals surface area contributed by atoms with Crippen molar-refractivity contribution >= 4 is 0 Å². The van der Waals surface area contributed by atoms with E-state index >= 15 is 0 Å². The summed E-state index contributed by atoms with van der Waals surface area (Å²) < 4.78 is 11.1. The number of hydrogen-bond donors (Lipinski definition) is 3. The molecule has 5 aliphatic heterocycles. The van der Waals surface area contributed by atoms with E-state index in [2.05, 4.69) is 32.0 Å². The zero-order valence-electron chi connectivity index (χ0n) is 16.0. The van der Waals surface area contributed by atoms with Gasteiger partial charge in [0.25, 0.3) is 0 Å². The maximum atomic E-state index is 11.4. The van der Waals surface area contributed by atoms with Gasteiger partial charge in [0.2, 0.25) is 13.0 Å². The van der Waals surface area contributed by atoms with Crippen LogP contribution in [0.4, 0.5) is 0 Å². The average Bonchev–Trinajstić information content (AvgIpc) is 3.07. The molecule has 0 aromatic heterocycles. The topological polar surface area (TPSA) is 47.6 Å². The highest BCUT2D eigenvalue weighted by atomic mass is 16.7. The Labute approximate surface area is 155 Å². The molecule has 4 fully saturated rings. The highest BCUT2D eigenvalue weighted by Gasteiger charge is 2.70. The van der Waals surface area contributed by atoms with E-state index in [1.807, 2.05) is 0 Å². The van der Waals surface area contributed by atoms with Crippen molar-refractivity contribution in [2.24, 2.45) is 10.8 Å². The number of hydrogen-bond acceptors (Lipinski definition) is 3. The van der Waals surface area contributed by atoms with E-state index in [-0.39, 0.29) is 16.9 Å². The van der Waals surface area contributed by atoms with E-state index in [4.69, 9.17) is 9.47 Å². The molecule has 5 nitrogen and oxygen atoms in total. The molecule has 4 saturated heterocycles. The first-order chi connectivity index (χ1) is 12.6. The van der Waals surface area contributed by atoms with Gasteiger partial charge in [0.05, 0.1) is 48.7 Å². The molecule has 0 aliphatic carbocycles. The van der Waals surface area contributed by atoms with Crippen molar-refractivity contribution in [3.63, 3.8) is 0 Å².